The second-order valence-corrected chi connectivity index (χ2v) is 6.55. The number of nitrogens with zero attached hydrogens (tertiary/aromatic N) is 1. The second kappa shape index (κ2) is 3.39. The third kappa shape index (κ3) is 1.41. The van der Waals surface area contributed by atoms with Crippen molar-refractivity contribution < 1.29 is 0 Å². The van der Waals surface area contributed by atoms with E-state index >= 15 is 0 Å². The first-order valence-electron chi connectivity index (χ1n) is 5.92. The summed E-state index contributed by atoms with van der Waals surface area (Å²) in [5, 5.41) is 3.88. The van der Waals surface area contributed by atoms with E-state index in [0.29, 0.717) is 4.87 Å². The van der Waals surface area contributed by atoms with E-state index in [0.717, 1.165) is 12.0 Å². The molecule has 0 aliphatic carbocycles. The number of rotatable bonds is 0. The Balaban J connectivity index is 1.81. The van der Waals surface area contributed by atoms with Gasteiger partial charge in [-0.05, 0) is 50.9 Å². The highest BCUT2D eigenvalue weighted by atomic mass is 32.2. The number of thioether (sulfide) groups is 1. The Hall–Kier alpha value is 0.270. The van der Waals surface area contributed by atoms with Gasteiger partial charge in [-0.2, -0.15) is 0 Å². The molecule has 2 atom stereocenters. The molecule has 2 nitrogen and oxygen atoms in total. The molecule has 2 bridgehead atoms. The van der Waals surface area contributed by atoms with E-state index in [4.69, 9.17) is 0 Å². The predicted octanol–water partition coefficient (Wildman–Crippen LogP) is 1.52. The first-order valence-corrected chi connectivity index (χ1v) is 6.91. The molecule has 0 radical (unpaired) electrons. The summed E-state index contributed by atoms with van der Waals surface area (Å²) in [6, 6.07) is 0.733. The first-order chi connectivity index (χ1) is 6.78. The maximum atomic E-state index is 3.88. The van der Waals surface area contributed by atoms with Crippen molar-refractivity contribution in [3.63, 3.8) is 0 Å². The van der Waals surface area contributed by atoms with Gasteiger partial charge in [0.1, 0.15) is 0 Å². The van der Waals surface area contributed by atoms with Crippen molar-refractivity contribution in [1.29, 1.82) is 0 Å². The maximum absolute atomic E-state index is 3.88. The summed E-state index contributed by atoms with van der Waals surface area (Å²) in [6.45, 7) is 6.35. The van der Waals surface area contributed by atoms with E-state index in [1.54, 1.807) is 0 Å². The molecule has 0 amide bonds. The molecule has 80 valence electrons. The van der Waals surface area contributed by atoms with Gasteiger partial charge in [-0.15, -0.1) is 11.8 Å². The zero-order chi connectivity index (χ0) is 9.60. The van der Waals surface area contributed by atoms with E-state index in [1.165, 1.54) is 44.6 Å². The van der Waals surface area contributed by atoms with Gasteiger partial charge in [0.15, 0.2) is 0 Å². The van der Waals surface area contributed by atoms with Crippen molar-refractivity contribution in [2.24, 2.45) is 5.92 Å². The fourth-order valence-corrected chi connectivity index (χ4v) is 5.16. The summed E-state index contributed by atoms with van der Waals surface area (Å²) in [4.78, 5) is 3.09. The van der Waals surface area contributed by atoms with Gasteiger partial charge >= 0.3 is 0 Å². The molecule has 3 heteroatoms. The van der Waals surface area contributed by atoms with Gasteiger partial charge in [-0.3, -0.25) is 5.32 Å². The number of hydrogen-bond acceptors (Lipinski definition) is 3. The third-order valence-corrected chi connectivity index (χ3v) is 5.64. The van der Waals surface area contributed by atoms with E-state index in [-0.39, 0.29) is 0 Å². The van der Waals surface area contributed by atoms with Crippen molar-refractivity contribution in [1.82, 2.24) is 10.2 Å². The standard InChI is InChI=1S/C11H20N2S/c1-9-4-7-14-11(12-9)8-13-5-2-10(11)3-6-13/h9-10,12H,2-8H2,1H3. The summed E-state index contributed by atoms with van der Waals surface area (Å²) in [5.41, 5.74) is 0. The number of nitrogens with one attached hydrogen (secondary N) is 1. The molecule has 0 saturated carbocycles. The Labute approximate surface area is 90.8 Å². The molecule has 14 heavy (non-hydrogen) atoms. The number of piperidine rings is 3. The molecule has 4 aliphatic rings. The van der Waals surface area contributed by atoms with Crippen molar-refractivity contribution in [2.45, 2.75) is 37.1 Å². The van der Waals surface area contributed by atoms with Crippen LogP contribution in [0.4, 0.5) is 0 Å². The maximum Gasteiger partial charge on any atom is 0.0805 e. The van der Waals surface area contributed by atoms with Crippen LogP contribution in [0.15, 0.2) is 0 Å². The lowest BCUT2D eigenvalue weighted by atomic mass is 9.82. The summed E-state index contributed by atoms with van der Waals surface area (Å²) in [7, 11) is 0. The summed E-state index contributed by atoms with van der Waals surface area (Å²) in [6.07, 6.45) is 4.19. The van der Waals surface area contributed by atoms with Crippen LogP contribution in [-0.4, -0.2) is 41.2 Å². The van der Waals surface area contributed by atoms with Gasteiger partial charge in [0.2, 0.25) is 0 Å². The van der Waals surface area contributed by atoms with Gasteiger partial charge in [0, 0.05) is 12.6 Å². The molecule has 0 aromatic rings. The van der Waals surface area contributed by atoms with Crippen molar-refractivity contribution in [3.05, 3.63) is 0 Å². The van der Waals surface area contributed by atoms with E-state index in [9.17, 15) is 0 Å². The molecule has 4 saturated heterocycles. The van der Waals surface area contributed by atoms with Gasteiger partial charge in [0.25, 0.3) is 0 Å². The first kappa shape index (κ1) is 9.49. The second-order valence-electron chi connectivity index (χ2n) is 5.12. The summed E-state index contributed by atoms with van der Waals surface area (Å²) >= 11 is 2.20. The lowest BCUT2D eigenvalue weighted by Gasteiger charge is -2.56. The van der Waals surface area contributed by atoms with Crippen LogP contribution >= 0.6 is 11.8 Å². The van der Waals surface area contributed by atoms with Crippen LogP contribution in [-0.2, 0) is 0 Å². The van der Waals surface area contributed by atoms with Crippen LogP contribution in [0.2, 0.25) is 0 Å². The Kier molecular flexibility index (Phi) is 2.30. The van der Waals surface area contributed by atoms with Crippen LogP contribution in [0, 0.1) is 5.92 Å². The highest BCUT2D eigenvalue weighted by molar-refractivity contribution is 8.00. The predicted molar refractivity (Wildman–Crippen MR) is 61.6 cm³/mol. The Morgan fingerprint density at radius 3 is 2.64 bits per heavy atom. The molecular weight excluding hydrogens is 192 g/mol. The molecule has 4 aliphatic heterocycles. The lowest BCUT2D eigenvalue weighted by molar-refractivity contribution is 0.0479. The Morgan fingerprint density at radius 1 is 1.29 bits per heavy atom. The monoisotopic (exact) mass is 212 g/mol. The van der Waals surface area contributed by atoms with E-state index in [1.807, 2.05) is 0 Å². The molecule has 4 fully saturated rings. The van der Waals surface area contributed by atoms with Gasteiger partial charge in [-0.1, -0.05) is 0 Å². The summed E-state index contributed by atoms with van der Waals surface area (Å²) < 4.78 is 0. The molecule has 0 aromatic carbocycles. The number of hydrogen-bond donors (Lipinski definition) is 1. The van der Waals surface area contributed by atoms with E-state index in [2.05, 4.69) is 28.9 Å². The average molecular weight is 212 g/mol. The minimum absolute atomic E-state index is 0.439. The minimum Gasteiger partial charge on any atom is -0.301 e. The quantitative estimate of drug-likeness (QED) is 0.655. The van der Waals surface area contributed by atoms with Gasteiger partial charge in [0.05, 0.1) is 4.87 Å². The highest BCUT2D eigenvalue weighted by Gasteiger charge is 2.48. The zero-order valence-corrected chi connectivity index (χ0v) is 9.78. The molecule has 2 unspecified atom stereocenters. The molecule has 1 N–H and O–H groups in total. The molecule has 4 heterocycles. The average Bonchev–Trinajstić information content (AvgIpc) is 2.18. The minimum atomic E-state index is 0.439. The molecule has 0 aromatic heterocycles. The smallest absolute Gasteiger partial charge is 0.0805 e. The topological polar surface area (TPSA) is 15.3 Å². The van der Waals surface area contributed by atoms with Gasteiger partial charge < -0.3 is 4.90 Å². The SMILES string of the molecule is CC1CCSC2(CN3CCC2CC3)N1. The van der Waals surface area contributed by atoms with Crippen LogP contribution < -0.4 is 5.32 Å². The van der Waals surface area contributed by atoms with Crippen LogP contribution in [0.5, 0.6) is 0 Å². The fraction of sp³-hybridized carbons (Fsp3) is 1.00. The normalized spacial score (nSPS) is 52.5. The molecular formula is C11H20N2S. The van der Waals surface area contributed by atoms with Gasteiger partial charge in [-0.25, -0.2) is 0 Å². The number of fused-ring (bicyclic) bond motifs is 2. The highest BCUT2D eigenvalue weighted by Crippen LogP contribution is 2.45. The van der Waals surface area contributed by atoms with Crippen molar-refractivity contribution in [2.75, 3.05) is 25.4 Å². The molecule has 1 spiro atoms. The van der Waals surface area contributed by atoms with Crippen molar-refractivity contribution >= 4 is 11.8 Å². The third-order valence-electron chi connectivity index (χ3n) is 4.11. The van der Waals surface area contributed by atoms with Crippen LogP contribution in [0.25, 0.3) is 0 Å². The van der Waals surface area contributed by atoms with Crippen LogP contribution in [0.1, 0.15) is 26.2 Å². The molecule has 4 rings (SSSR count). The fourth-order valence-electron chi connectivity index (χ4n) is 3.29. The Bertz CT molecular complexity index is 221. The summed E-state index contributed by atoms with van der Waals surface area (Å²) in [5.74, 6) is 2.30. The lowest BCUT2D eigenvalue weighted by Crippen LogP contribution is -2.67. The van der Waals surface area contributed by atoms with E-state index < -0.39 is 0 Å². The Morgan fingerprint density at radius 2 is 2.07 bits per heavy atom. The zero-order valence-electron chi connectivity index (χ0n) is 8.96. The van der Waals surface area contributed by atoms with Crippen LogP contribution in [0.3, 0.4) is 0 Å². The largest absolute Gasteiger partial charge is 0.301 e. The van der Waals surface area contributed by atoms with Crippen molar-refractivity contribution in [3.8, 4) is 0 Å².